The van der Waals surface area contributed by atoms with Gasteiger partial charge in [-0.2, -0.15) is 0 Å². The Labute approximate surface area is 157 Å². The number of halogens is 2. The molecule has 1 atom stereocenters. The molecule has 2 aromatic carbocycles. The number of benzene rings is 2. The van der Waals surface area contributed by atoms with Crippen LogP contribution in [0, 0.1) is 0 Å². The molecule has 0 bridgehead atoms. The highest BCUT2D eigenvalue weighted by Crippen LogP contribution is 2.30. The van der Waals surface area contributed by atoms with Gasteiger partial charge in [-0.25, -0.2) is 4.79 Å². The second kappa shape index (κ2) is 7.59. The topological polar surface area (TPSA) is 46.6 Å². The van der Waals surface area contributed by atoms with Crippen LogP contribution in [0.25, 0.3) is 0 Å². The van der Waals surface area contributed by atoms with E-state index in [1.807, 2.05) is 6.07 Å². The molecule has 1 aliphatic rings. The molecular weight excluding hydrogens is 414 g/mol. The maximum Gasteiger partial charge on any atom is 0.335 e. The third-order valence-corrected chi connectivity index (χ3v) is 5.41. The van der Waals surface area contributed by atoms with Gasteiger partial charge >= 0.3 is 5.97 Å². The van der Waals surface area contributed by atoms with E-state index < -0.39 is 12.0 Å². The minimum Gasteiger partial charge on any atom is -0.424 e. The summed E-state index contributed by atoms with van der Waals surface area (Å²) in [6.45, 7) is 0. The van der Waals surface area contributed by atoms with Crippen molar-refractivity contribution in [3.63, 3.8) is 0 Å². The van der Waals surface area contributed by atoms with E-state index in [9.17, 15) is 9.59 Å². The summed E-state index contributed by atoms with van der Waals surface area (Å²) in [5, 5.41) is 0.541. The third-order valence-electron chi connectivity index (χ3n) is 3.54. The third kappa shape index (κ3) is 3.77. The van der Waals surface area contributed by atoms with Crippen LogP contribution < -0.4 is 4.74 Å². The van der Waals surface area contributed by atoms with Gasteiger partial charge in [0.15, 0.2) is 0 Å². The first-order valence-corrected chi connectivity index (χ1v) is 9.49. The van der Waals surface area contributed by atoms with E-state index in [1.54, 1.807) is 47.4 Å². The van der Waals surface area contributed by atoms with Crippen molar-refractivity contribution in [1.82, 2.24) is 4.90 Å². The summed E-state index contributed by atoms with van der Waals surface area (Å²) in [5.41, 5.74) is 0.561. The molecule has 0 spiro atoms. The first kappa shape index (κ1) is 17.3. The highest BCUT2D eigenvalue weighted by Gasteiger charge is 2.36. The normalized spacial score (nSPS) is 16.9. The highest BCUT2D eigenvalue weighted by molar-refractivity contribution is 9.10. The predicted octanol–water partition coefficient (Wildman–Crippen LogP) is 4.22. The number of ether oxygens (including phenoxy) is 1. The van der Waals surface area contributed by atoms with Gasteiger partial charge < -0.3 is 9.64 Å². The summed E-state index contributed by atoms with van der Waals surface area (Å²) in [6.07, 6.45) is 0. The number of hydrogen-bond acceptors (Lipinski definition) is 4. The van der Waals surface area contributed by atoms with E-state index in [-0.39, 0.29) is 5.91 Å². The van der Waals surface area contributed by atoms with Gasteiger partial charge in [0.25, 0.3) is 5.91 Å². The zero-order valence-corrected chi connectivity index (χ0v) is 15.6. The van der Waals surface area contributed by atoms with Crippen molar-refractivity contribution in [1.29, 1.82) is 0 Å². The number of carbonyl (C=O) groups excluding carboxylic acids is 2. The second-order valence-corrected chi connectivity index (χ2v) is 7.44. The van der Waals surface area contributed by atoms with Gasteiger partial charge in [0.05, 0.1) is 10.3 Å². The van der Waals surface area contributed by atoms with Gasteiger partial charge in [0, 0.05) is 16.3 Å². The van der Waals surface area contributed by atoms with Crippen molar-refractivity contribution in [2.45, 2.75) is 6.04 Å². The van der Waals surface area contributed by atoms with Gasteiger partial charge in [-0.1, -0.05) is 29.8 Å². The van der Waals surface area contributed by atoms with Crippen LogP contribution in [0.2, 0.25) is 5.02 Å². The molecule has 3 rings (SSSR count). The zero-order valence-electron chi connectivity index (χ0n) is 12.4. The molecule has 1 saturated heterocycles. The molecule has 1 aliphatic heterocycles. The summed E-state index contributed by atoms with van der Waals surface area (Å²) >= 11 is 10.7. The molecule has 0 aliphatic carbocycles. The fourth-order valence-electron chi connectivity index (χ4n) is 2.32. The van der Waals surface area contributed by atoms with Crippen molar-refractivity contribution >= 4 is 51.2 Å². The van der Waals surface area contributed by atoms with E-state index >= 15 is 0 Å². The van der Waals surface area contributed by atoms with E-state index in [4.69, 9.17) is 16.3 Å². The average Bonchev–Trinajstić information content (AvgIpc) is 3.07. The molecule has 7 heteroatoms. The SMILES string of the molecule is O=C(Oc1ccc(Cl)cc1Br)[C@@H]1CSCN1C(=O)c1ccccc1. The van der Waals surface area contributed by atoms with Gasteiger partial charge in [-0.15, -0.1) is 11.8 Å². The minimum absolute atomic E-state index is 0.169. The Balaban J connectivity index is 1.75. The number of hydrogen-bond donors (Lipinski definition) is 0. The van der Waals surface area contributed by atoms with Gasteiger partial charge in [-0.05, 0) is 46.3 Å². The van der Waals surface area contributed by atoms with Crippen LogP contribution in [0.5, 0.6) is 5.75 Å². The van der Waals surface area contributed by atoms with Crippen molar-refractivity contribution in [3.05, 3.63) is 63.6 Å². The number of rotatable bonds is 3. The molecule has 1 fully saturated rings. The van der Waals surface area contributed by atoms with Crippen molar-refractivity contribution < 1.29 is 14.3 Å². The van der Waals surface area contributed by atoms with Crippen LogP contribution in [0.15, 0.2) is 53.0 Å². The van der Waals surface area contributed by atoms with E-state index in [1.165, 1.54) is 11.8 Å². The molecule has 0 saturated carbocycles. The Bertz CT molecular complexity index is 772. The lowest BCUT2D eigenvalue weighted by Gasteiger charge is -2.22. The fourth-order valence-corrected chi connectivity index (χ4v) is 4.22. The summed E-state index contributed by atoms with van der Waals surface area (Å²) < 4.78 is 6.04. The predicted molar refractivity (Wildman–Crippen MR) is 98.5 cm³/mol. The molecule has 0 radical (unpaired) electrons. The Hall–Kier alpha value is -1.50. The number of carbonyl (C=O) groups is 2. The number of esters is 1. The minimum atomic E-state index is -0.606. The quantitative estimate of drug-likeness (QED) is 0.544. The lowest BCUT2D eigenvalue weighted by molar-refractivity contribution is -0.138. The van der Waals surface area contributed by atoms with Gasteiger partial charge in [0.1, 0.15) is 11.8 Å². The Morgan fingerprint density at radius 3 is 2.67 bits per heavy atom. The zero-order chi connectivity index (χ0) is 17.1. The first-order chi connectivity index (χ1) is 11.6. The highest BCUT2D eigenvalue weighted by atomic mass is 79.9. The number of thioether (sulfide) groups is 1. The van der Waals surface area contributed by atoms with E-state index in [2.05, 4.69) is 15.9 Å². The van der Waals surface area contributed by atoms with Crippen LogP contribution in [0.3, 0.4) is 0 Å². The number of amides is 1. The van der Waals surface area contributed by atoms with Gasteiger partial charge in [0.2, 0.25) is 0 Å². The molecule has 2 aromatic rings. The summed E-state index contributed by atoms with van der Waals surface area (Å²) in [6, 6.07) is 13.2. The lowest BCUT2D eigenvalue weighted by atomic mass is 10.2. The van der Waals surface area contributed by atoms with Crippen LogP contribution in [0.4, 0.5) is 0 Å². The Morgan fingerprint density at radius 2 is 1.96 bits per heavy atom. The second-order valence-electron chi connectivity index (χ2n) is 5.15. The fraction of sp³-hybridized carbons (Fsp3) is 0.176. The molecular formula is C17H13BrClNO3S. The average molecular weight is 427 g/mol. The summed E-state index contributed by atoms with van der Waals surface area (Å²) in [7, 11) is 0. The Kier molecular flexibility index (Phi) is 5.48. The maximum atomic E-state index is 12.6. The Morgan fingerprint density at radius 1 is 1.21 bits per heavy atom. The first-order valence-electron chi connectivity index (χ1n) is 7.17. The van der Waals surface area contributed by atoms with Crippen LogP contribution in [-0.4, -0.2) is 34.4 Å². The molecule has 1 heterocycles. The maximum absolute atomic E-state index is 12.6. The monoisotopic (exact) mass is 425 g/mol. The smallest absolute Gasteiger partial charge is 0.335 e. The van der Waals surface area contributed by atoms with Crippen molar-refractivity contribution in [3.8, 4) is 5.75 Å². The molecule has 24 heavy (non-hydrogen) atoms. The molecule has 0 unspecified atom stereocenters. The molecule has 4 nitrogen and oxygen atoms in total. The van der Waals surface area contributed by atoms with E-state index in [0.717, 1.165) is 0 Å². The molecule has 124 valence electrons. The number of nitrogens with zero attached hydrogens (tertiary/aromatic N) is 1. The standard InChI is InChI=1S/C17H13BrClNO3S/c18-13-8-12(19)6-7-15(13)23-17(22)14-9-24-10-20(14)16(21)11-4-2-1-3-5-11/h1-8,14H,9-10H2/t14-/m0/s1. The molecule has 0 N–H and O–H groups in total. The molecule has 1 amide bonds. The van der Waals surface area contributed by atoms with Crippen molar-refractivity contribution in [2.24, 2.45) is 0 Å². The summed E-state index contributed by atoms with van der Waals surface area (Å²) in [4.78, 5) is 26.7. The summed E-state index contributed by atoms with van der Waals surface area (Å²) in [5.74, 6) is 0.746. The molecule has 0 aromatic heterocycles. The lowest BCUT2D eigenvalue weighted by Crippen LogP contribution is -2.43. The largest absolute Gasteiger partial charge is 0.424 e. The van der Waals surface area contributed by atoms with Crippen LogP contribution >= 0.6 is 39.3 Å². The van der Waals surface area contributed by atoms with Crippen LogP contribution in [0.1, 0.15) is 10.4 Å². The van der Waals surface area contributed by atoms with Crippen molar-refractivity contribution in [2.75, 3.05) is 11.6 Å². The van der Waals surface area contributed by atoms with Crippen LogP contribution in [-0.2, 0) is 4.79 Å². The van der Waals surface area contributed by atoms with Gasteiger partial charge in [-0.3, -0.25) is 4.79 Å². The van der Waals surface area contributed by atoms with E-state index in [0.29, 0.717) is 32.4 Å².